The predicted octanol–water partition coefficient (Wildman–Crippen LogP) is 1.85. The molecule has 1 aromatic carbocycles. The van der Waals surface area contributed by atoms with Crippen molar-refractivity contribution < 1.29 is 33.8 Å². The van der Waals surface area contributed by atoms with Crippen LogP contribution in [0.1, 0.15) is 35.2 Å². The maximum absolute atomic E-state index is 13.2. The van der Waals surface area contributed by atoms with Gasteiger partial charge in [-0.3, -0.25) is 19.3 Å². The van der Waals surface area contributed by atoms with Gasteiger partial charge < -0.3 is 30.1 Å². The first-order valence-electron chi connectivity index (χ1n) is 12.8. The molecule has 0 saturated carbocycles. The molecule has 3 aliphatic heterocycles. The second kappa shape index (κ2) is 11.2. The number of carbonyl (C=O) groups is 4. The van der Waals surface area contributed by atoms with Gasteiger partial charge in [-0.15, -0.1) is 0 Å². The van der Waals surface area contributed by atoms with Gasteiger partial charge in [-0.2, -0.15) is 0 Å². The average molecular weight is 533 g/mol. The van der Waals surface area contributed by atoms with Gasteiger partial charge in [-0.25, -0.2) is 4.79 Å². The molecule has 1 unspecified atom stereocenters. The Balaban J connectivity index is 1.41. The molecule has 3 atom stereocenters. The molecule has 202 valence electrons. The molecule has 0 bridgehead atoms. The van der Waals surface area contributed by atoms with E-state index < -0.39 is 32.2 Å². The summed E-state index contributed by atoms with van der Waals surface area (Å²) in [6, 6.07) is 5.00. The molecule has 0 aliphatic carbocycles. The number of ether oxygens (including phenoxy) is 2. The summed E-state index contributed by atoms with van der Waals surface area (Å²) in [6.45, 7) is 8.51. The number of amides is 4. The molecular weight excluding hydrogens is 496 g/mol. The van der Waals surface area contributed by atoms with E-state index in [9.17, 15) is 19.2 Å². The lowest BCUT2D eigenvalue weighted by Crippen LogP contribution is -2.55. The highest BCUT2D eigenvalue weighted by molar-refractivity contribution is 6.76. The topological polar surface area (TPSA) is 138 Å². The number of likely N-dealkylation sites (tertiary alicyclic amines) is 1. The van der Waals surface area contributed by atoms with Crippen LogP contribution in [0.3, 0.4) is 0 Å². The smallest absolute Gasteiger partial charge is 0.405 e. The molecule has 11 nitrogen and oxygen atoms in total. The predicted molar refractivity (Wildman–Crippen MR) is 137 cm³/mol. The van der Waals surface area contributed by atoms with E-state index in [1.54, 1.807) is 18.2 Å². The maximum atomic E-state index is 13.2. The van der Waals surface area contributed by atoms with Crippen LogP contribution in [0.15, 0.2) is 18.2 Å². The van der Waals surface area contributed by atoms with Gasteiger partial charge in [0.25, 0.3) is 11.8 Å². The third-order valence-corrected chi connectivity index (χ3v) is 8.71. The van der Waals surface area contributed by atoms with Crippen molar-refractivity contribution in [3.63, 3.8) is 0 Å². The highest BCUT2D eigenvalue weighted by Crippen LogP contribution is 2.32. The van der Waals surface area contributed by atoms with Crippen molar-refractivity contribution in [2.24, 2.45) is 0 Å². The zero-order chi connectivity index (χ0) is 26.7. The quantitative estimate of drug-likeness (QED) is 0.249. The fraction of sp³-hybridized carbons (Fsp3) is 0.600. The van der Waals surface area contributed by atoms with Crippen LogP contribution in [-0.2, 0) is 20.9 Å². The number of nitrogens with zero attached hydrogens (tertiary/aromatic N) is 2. The molecule has 3 N–H and O–H groups in total. The van der Waals surface area contributed by atoms with Crippen molar-refractivity contribution in [1.29, 1.82) is 0 Å². The van der Waals surface area contributed by atoms with Crippen molar-refractivity contribution in [3.05, 3.63) is 29.3 Å². The van der Waals surface area contributed by atoms with E-state index in [2.05, 4.69) is 30.3 Å². The van der Waals surface area contributed by atoms with Crippen molar-refractivity contribution >= 4 is 31.9 Å². The summed E-state index contributed by atoms with van der Waals surface area (Å²) < 4.78 is 11.8. The third-order valence-electron chi connectivity index (χ3n) is 7.01. The Kier molecular flexibility index (Phi) is 8.19. The van der Waals surface area contributed by atoms with Gasteiger partial charge in [-0.05, 0) is 49.2 Å². The summed E-state index contributed by atoms with van der Waals surface area (Å²) in [4.78, 5) is 52.7. The molecule has 0 aromatic heterocycles. The molecule has 4 rings (SSSR count). The first kappa shape index (κ1) is 27.1. The van der Waals surface area contributed by atoms with Crippen LogP contribution < -0.4 is 15.4 Å². The summed E-state index contributed by atoms with van der Waals surface area (Å²) >= 11 is 0. The van der Waals surface area contributed by atoms with Crippen LogP contribution in [-0.4, -0.2) is 91.4 Å². The Bertz CT molecular complexity index is 1060. The van der Waals surface area contributed by atoms with Crippen molar-refractivity contribution in [3.8, 4) is 5.75 Å². The fourth-order valence-corrected chi connectivity index (χ4v) is 5.63. The summed E-state index contributed by atoms with van der Waals surface area (Å²) in [6.07, 6.45) is -0.426. The van der Waals surface area contributed by atoms with Gasteiger partial charge in [-0.1, -0.05) is 19.6 Å². The Labute approximate surface area is 217 Å². The minimum atomic E-state index is -1.30. The number of hydrogen-bond donors (Lipinski definition) is 3. The summed E-state index contributed by atoms with van der Waals surface area (Å²) in [5, 5.41) is 14.8. The van der Waals surface area contributed by atoms with Crippen molar-refractivity contribution in [2.75, 3.05) is 26.4 Å². The molecule has 37 heavy (non-hydrogen) atoms. The highest BCUT2D eigenvalue weighted by Gasteiger charge is 2.43. The number of hydrogen-bond acceptors (Lipinski definition) is 7. The Morgan fingerprint density at radius 1 is 1.22 bits per heavy atom. The van der Waals surface area contributed by atoms with Crippen LogP contribution in [0.4, 0.5) is 4.79 Å². The zero-order valence-electron chi connectivity index (χ0n) is 21.6. The lowest BCUT2D eigenvalue weighted by molar-refractivity contribution is -0.158. The van der Waals surface area contributed by atoms with E-state index in [-0.39, 0.29) is 44.0 Å². The molecule has 2 fully saturated rings. The molecule has 12 heteroatoms. The second-order valence-corrected chi connectivity index (χ2v) is 16.6. The SMILES string of the molecule is C[Si](C)(C)CCOCN1C(=O)CCC(N2Cc3cc(O[C@@H]4CNCC[C@H]4NC(=O)O)ccc3C2=O)C1=O. The van der Waals surface area contributed by atoms with Crippen molar-refractivity contribution in [2.45, 2.75) is 69.7 Å². The highest BCUT2D eigenvalue weighted by atomic mass is 28.3. The minimum absolute atomic E-state index is 0.0907. The van der Waals surface area contributed by atoms with E-state index in [4.69, 9.17) is 14.6 Å². The van der Waals surface area contributed by atoms with Gasteiger partial charge in [0.1, 0.15) is 24.6 Å². The number of piperidine rings is 2. The van der Waals surface area contributed by atoms with Crippen LogP contribution in [0.25, 0.3) is 0 Å². The van der Waals surface area contributed by atoms with Gasteiger partial charge in [0.05, 0.1) is 6.04 Å². The van der Waals surface area contributed by atoms with Crippen LogP contribution >= 0.6 is 0 Å². The number of fused-ring (bicyclic) bond motifs is 1. The maximum Gasteiger partial charge on any atom is 0.405 e. The Morgan fingerprint density at radius 3 is 2.73 bits per heavy atom. The van der Waals surface area contributed by atoms with Crippen LogP contribution in [0.2, 0.25) is 25.7 Å². The summed E-state index contributed by atoms with van der Waals surface area (Å²) in [7, 11) is -1.30. The molecule has 3 heterocycles. The van der Waals surface area contributed by atoms with E-state index in [0.717, 1.165) is 16.5 Å². The van der Waals surface area contributed by atoms with E-state index >= 15 is 0 Å². The average Bonchev–Trinajstić information content (AvgIpc) is 3.14. The normalized spacial score (nSPS) is 24.3. The molecular formula is C25H36N4O7Si. The first-order valence-corrected chi connectivity index (χ1v) is 16.5. The molecule has 4 amide bonds. The molecule has 1 aromatic rings. The lowest BCUT2D eigenvalue weighted by atomic mass is 10.0. The van der Waals surface area contributed by atoms with E-state index in [1.807, 2.05) is 0 Å². The molecule has 2 saturated heterocycles. The van der Waals surface area contributed by atoms with Gasteiger partial charge in [0.15, 0.2) is 0 Å². The number of imide groups is 1. The number of carboxylic acid groups (broad SMARTS) is 1. The third kappa shape index (κ3) is 6.49. The number of nitrogens with one attached hydrogen (secondary N) is 2. The fourth-order valence-electron chi connectivity index (χ4n) is 4.88. The zero-order valence-corrected chi connectivity index (χ0v) is 22.6. The number of benzene rings is 1. The molecule has 0 spiro atoms. The first-order chi connectivity index (χ1) is 17.5. The van der Waals surface area contributed by atoms with E-state index in [0.29, 0.717) is 37.4 Å². The number of carbonyl (C=O) groups excluding carboxylic acids is 3. The minimum Gasteiger partial charge on any atom is -0.487 e. The summed E-state index contributed by atoms with van der Waals surface area (Å²) in [5.74, 6) is -0.405. The Hall–Kier alpha value is -2.96. The monoisotopic (exact) mass is 532 g/mol. The van der Waals surface area contributed by atoms with Gasteiger partial charge >= 0.3 is 6.09 Å². The van der Waals surface area contributed by atoms with Gasteiger partial charge in [0.2, 0.25) is 5.91 Å². The standard InChI is InChI=1S/C25H36N4O7Si/c1-37(2,3)11-10-35-15-29-22(30)7-6-20(24(29)32)28-14-16-12-17(4-5-18(16)23(28)31)36-21-13-26-9-8-19(21)27-25(33)34/h4-5,12,19-21,26-27H,6-11,13-15H2,1-3H3,(H,33,34)/t19-,20?,21-/m1/s1. The largest absolute Gasteiger partial charge is 0.487 e. The summed E-state index contributed by atoms with van der Waals surface area (Å²) in [5.41, 5.74) is 1.23. The second-order valence-electron chi connectivity index (χ2n) is 11.0. The van der Waals surface area contributed by atoms with Gasteiger partial charge in [0, 0.05) is 39.8 Å². The van der Waals surface area contributed by atoms with E-state index in [1.165, 1.54) is 4.90 Å². The van der Waals surface area contributed by atoms with Crippen LogP contribution in [0.5, 0.6) is 5.75 Å². The molecule has 0 radical (unpaired) electrons. The number of rotatable bonds is 9. The van der Waals surface area contributed by atoms with Crippen molar-refractivity contribution in [1.82, 2.24) is 20.4 Å². The Morgan fingerprint density at radius 2 is 2.00 bits per heavy atom. The van der Waals surface area contributed by atoms with Crippen LogP contribution in [0, 0.1) is 0 Å². The molecule has 3 aliphatic rings. The lowest BCUT2D eigenvalue weighted by Gasteiger charge is -2.35.